The number of carbonyl (C=O) groups is 2. The first-order valence-corrected chi connectivity index (χ1v) is 12.7. The number of ketones is 1. The van der Waals surface area contributed by atoms with E-state index in [1.165, 1.54) is 10.4 Å². The Labute approximate surface area is 203 Å². The molecule has 0 bridgehead atoms. The fourth-order valence-electron chi connectivity index (χ4n) is 3.63. The van der Waals surface area contributed by atoms with Crippen molar-refractivity contribution in [2.75, 3.05) is 31.6 Å². The van der Waals surface area contributed by atoms with Crippen LogP contribution in [0.5, 0.6) is 0 Å². The van der Waals surface area contributed by atoms with Gasteiger partial charge >= 0.3 is 0 Å². The summed E-state index contributed by atoms with van der Waals surface area (Å²) < 4.78 is 31.8. The maximum atomic E-state index is 13.0. The number of halogens is 1. The summed E-state index contributed by atoms with van der Waals surface area (Å²) in [6, 6.07) is 19.8. The molecule has 0 unspecified atom stereocenters. The van der Waals surface area contributed by atoms with Crippen molar-refractivity contribution in [1.29, 1.82) is 0 Å². The molecule has 1 N–H and O–H groups in total. The van der Waals surface area contributed by atoms with Gasteiger partial charge in [-0.2, -0.15) is 4.31 Å². The van der Waals surface area contributed by atoms with Gasteiger partial charge in [0.15, 0.2) is 5.78 Å². The topological polar surface area (TPSA) is 92.8 Å². The molecule has 3 aromatic carbocycles. The van der Waals surface area contributed by atoms with Crippen molar-refractivity contribution in [3.8, 4) is 0 Å². The van der Waals surface area contributed by atoms with Gasteiger partial charge in [0.2, 0.25) is 10.0 Å². The summed E-state index contributed by atoms with van der Waals surface area (Å²) >= 11 is 6.10. The SMILES string of the molecule is O=C(Nc1ccc(Cl)cc1C(=O)c1ccccc1)c1ccc(CS(=O)(=O)N2CCOCC2)cc1. The van der Waals surface area contributed by atoms with Gasteiger partial charge in [-0.25, -0.2) is 8.42 Å². The van der Waals surface area contributed by atoms with E-state index >= 15 is 0 Å². The zero-order valence-corrected chi connectivity index (χ0v) is 19.8. The Balaban J connectivity index is 1.49. The molecule has 34 heavy (non-hydrogen) atoms. The highest BCUT2D eigenvalue weighted by Crippen LogP contribution is 2.24. The fraction of sp³-hybridized carbons (Fsp3) is 0.200. The monoisotopic (exact) mass is 498 g/mol. The summed E-state index contributed by atoms with van der Waals surface area (Å²) in [4.78, 5) is 25.8. The van der Waals surface area contributed by atoms with Crippen LogP contribution in [-0.2, 0) is 20.5 Å². The molecule has 9 heteroatoms. The van der Waals surface area contributed by atoms with Gasteiger partial charge in [0, 0.05) is 34.8 Å². The molecular formula is C25H23ClN2O5S. The van der Waals surface area contributed by atoms with Crippen LogP contribution in [0.25, 0.3) is 0 Å². The van der Waals surface area contributed by atoms with Crippen LogP contribution in [0.2, 0.25) is 5.02 Å². The molecule has 176 valence electrons. The summed E-state index contributed by atoms with van der Waals surface area (Å²) in [5, 5.41) is 3.14. The van der Waals surface area contributed by atoms with Gasteiger partial charge in [-0.3, -0.25) is 9.59 Å². The maximum absolute atomic E-state index is 13.0. The van der Waals surface area contributed by atoms with Crippen molar-refractivity contribution >= 4 is 39.0 Å². The third-order valence-corrected chi connectivity index (χ3v) is 7.52. The number of hydrogen-bond donors (Lipinski definition) is 1. The quantitative estimate of drug-likeness (QED) is 0.497. The highest BCUT2D eigenvalue weighted by molar-refractivity contribution is 7.88. The first kappa shape index (κ1) is 24.1. The van der Waals surface area contributed by atoms with Crippen molar-refractivity contribution < 1.29 is 22.7 Å². The van der Waals surface area contributed by atoms with E-state index in [1.54, 1.807) is 60.7 Å². The predicted octanol–water partition coefficient (Wildman–Crippen LogP) is 3.99. The van der Waals surface area contributed by atoms with Gasteiger partial charge in [-0.1, -0.05) is 54.1 Å². The molecule has 7 nitrogen and oxygen atoms in total. The number of benzene rings is 3. The average molecular weight is 499 g/mol. The molecular weight excluding hydrogens is 476 g/mol. The largest absolute Gasteiger partial charge is 0.379 e. The number of nitrogens with one attached hydrogen (secondary N) is 1. The smallest absolute Gasteiger partial charge is 0.255 e. The molecule has 0 aliphatic carbocycles. The minimum atomic E-state index is -3.46. The summed E-state index contributed by atoms with van der Waals surface area (Å²) in [5.74, 6) is -0.837. The van der Waals surface area contributed by atoms with Crippen LogP contribution >= 0.6 is 11.6 Å². The second-order valence-corrected chi connectivity index (χ2v) is 10.2. The normalized spacial score (nSPS) is 14.5. The summed E-state index contributed by atoms with van der Waals surface area (Å²) in [6.45, 7) is 1.46. The number of hydrogen-bond acceptors (Lipinski definition) is 5. The van der Waals surface area contributed by atoms with Gasteiger partial charge in [-0.15, -0.1) is 0 Å². The van der Waals surface area contributed by atoms with Crippen LogP contribution < -0.4 is 5.32 Å². The number of morpholine rings is 1. The van der Waals surface area contributed by atoms with Crippen molar-refractivity contribution in [3.63, 3.8) is 0 Å². The Morgan fingerprint density at radius 1 is 0.912 bits per heavy atom. The lowest BCUT2D eigenvalue weighted by Gasteiger charge is -2.26. The highest BCUT2D eigenvalue weighted by atomic mass is 35.5. The second kappa shape index (κ2) is 10.5. The molecule has 1 heterocycles. The van der Waals surface area contributed by atoms with Gasteiger partial charge in [0.25, 0.3) is 5.91 Å². The summed E-state index contributed by atoms with van der Waals surface area (Å²) in [6.07, 6.45) is 0. The van der Waals surface area contributed by atoms with Crippen LogP contribution in [0.4, 0.5) is 5.69 Å². The number of rotatable bonds is 7. The summed E-state index contributed by atoms with van der Waals surface area (Å²) in [5.41, 5.74) is 2.00. The Morgan fingerprint density at radius 3 is 2.26 bits per heavy atom. The van der Waals surface area contributed by atoms with E-state index in [2.05, 4.69) is 5.32 Å². The van der Waals surface area contributed by atoms with E-state index in [1.807, 2.05) is 6.07 Å². The fourth-order valence-corrected chi connectivity index (χ4v) is 5.31. The van der Waals surface area contributed by atoms with E-state index in [4.69, 9.17) is 16.3 Å². The van der Waals surface area contributed by atoms with Crippen molar-refractivity contribution in [1.82, 2.24) is 4.31 Å². The number of nitrogens with zero attached hydrogens (tertiary/aromatic N) is 1. The van der Waals surface area contributed by atoms with Gasteiger partial charge in [-0.05, 0) is 35.9 Å². The lowest BCUT2D eigenvalue weighted by Crippen LogP contribution is -2.41. The molecule has 1 aliphatic rings. The van der Waals surface area contributed by atoms with E-state index in [0.29, 0.717) is 53.7 Å². The maximum Gasteiger partial charge on any atom is 0.255 e. The highest BCUT2D eigenvalue weighted by Gasteiger charge is 2.24. The third-order valence-electron chi connectivity index (χ3n) is 5.44. The molecule has 3 aromatic rings. The molecule has 1 amide bonds. The molecule has 4 rings (SSSR count). The van der Waals surface area contributed by atoms with Gasteiger partial charge < -0.3 is 10.1 Å². The molecule has 1 saturated heterocycles. The number of carbonyl (C=O) groups excluding carboxylic acids is 2. The second-order valence-electron chi connectivity index (χ2n) is 7.80. The molecule has 0 atom stereocenters. The Kier molecular flexibility index (Phi) is 7.43. The number of anilines is 1. The predicted molar refractivity (Wildman–Crippen MR) is 131 cm³/mol. The lowest BCUT2D eigenvalue weighted by molar-refractivity contribution is 0.0729. The number of sulfonamides is 1. The molecule has 0 spiro atoms. The zero-order valence-electron chi connectivity index (χ0n) is 18.2. The van der Waals surface area contributed by atoms with Gasteiger partial charge in [0.05, 0.1) is 24.7 Å². The van der Waals surface area contributed by atoms with Crippen molar-refractivity contribution in [2.45, 2.75) is 5.75 Å². The summed E-state index contributed by atoms with van der Waals surface area (Å²) in [7, 11) is -3.46. The lowest BCUT2D eigenvalue weighted by atomic mass is 10.0. The van der Waals surface area contributed by atoms with Crippen molar-refractivity contribution in [3.05, 3.63) is 100 Å². The van der Waals surface area contributed by atoms with Crippen molar-refractivity contribution in [2.24, 2.45) is 0 Å². The Morgan fingerprint density at radius 2 is 1.59 bits per heavy atom. The molecule has 0 saturated carbocycles. The zero-order chi connectivity index (χ0) is 24.1. The number of ether oxygens (including phenoxy) is 1. The first-order chi connectivity index (χ1) is 16.3. The van der Waals surface area contributed by atoms with Crippen LogP contribution in [0.15, 0.2) is 72.8 Å². The van der Waals surface area contributed by atoms with Crippen LogP contribution in [0.3, 0.4) is 0 Å². The van der Waals surface area contributed by atoms with Gasteiger partial charge in [0.1, 0.15) is 0 Å². The van der Waals surface area contributed by atoms with E-state index in [9.17, 15) is 18.0 Å². The van der Waals surface area contributed by atoms with E-state index < -0.39 is 15.9 Å². The Bertz CT molecular complexity index is 1290. The molecule has 0 aromatic heterocycles. The Hall–Kier alpha value is -3.04. The minimum absolute atomic E-state index is 0.151. The minimum Gasteiger partial charge on any atom is -0.379 e. The van der Waals surface area contributed by atoms with E-state index in [0.717, 1.165) is 0 Å². The molecule has 1 fully saturated rings. The first-order valence-electron chi connectivity index (χ1n) is 10.7. The molecule has 0 radical (unpaired) electrons. The van der Waals surface area contributed by atoms with Crippen LogP contribution in [0, 0.1) is 0 Å². The van der Waals surface area contributed by atoms with Crippen LogP contribution in [-0.4, -0.2) is 50.7 Å². The number of amides is 1. The average Bonchev–Trinajstić information content (AvgIpc) is 2.86. The third kappa shape index (κ3) is 5.71. The molecule has 1 aliphatic heterocycles. The van der Waals surface area contributed by atoms with E-state index in [-0.39, 0.29) is 17.1 Å². The van der Waals surface area contributed by atoms with Crippen LogP contribution in [0.1, 0.15) is 31.8 Å². The standard InChI is InChI=1S/C25H23ClN2O5S/c26-21-10-11-23(22(16-21)24(29)19-4-2-1-3-5-19)27-25(30)20-8-6-18(7-9-20)17-34(31,32)28-12-14-33-15-13-28/h1-11,16H,12-15,17H2,(H,27,30).